The molecule has 2 amide bonds. The molecule has 1 atom stereocenters. The highest BCUT2D eigenvalue weighted by Crippen LogP contribution is 2.16. The second-order valence-corrected chi connectivity index (χ2v) is 4.05. The standard InChI is InChI=1S/C11H18N2O5/c1-2-3-8(14)12-7-6-11(17)18-13-9(15)4-5-10(13)16/h9,15H,2-7H2,1H3,(H,12,14). The zero-order valence-electron chi connectivity index (χ0n) is 10.3. The fourth-order valence-corrected chi connectivity index (χ4v) is 1.53. The number of carbonyl (C=O) groups is 3. The van der Waals surface area contributed by atoms with E-state index in [-0.39, 0.29) is 31.7 Å². The van der Waals surface area contributed by atoms with Crippen LogP contribution < -0.4 is 5.32 Å². The quantitative estimate of drug-likeness (QED) is 0.681. The summed E-state index contributed by atoms with van der Waals surface area (Å²) < 4.78 is 0. The first-order valence-electron chi connectivity index (χ1n) is 6.02. The Morgan fingerprint density at radius 1 is 1.50 bits per heavy atom. The highest BCUT2D eigenvalue weighted by molar-refractivity contribution is 5.80. The Morgan fingerprint density at radius 3 is 2.78 bits per heavy atom. The van der Waals surface area contributed by atoms with Gasteiger partial charge in [-0.1, -0.05) is 6.92 Å². The van der Waals surface area contributed by atoms with Gasteiger partial charge in [-0.2, -0.15) is 0 Å². The van der Waals surface area contributed by atoms with Gasteiger partial charge in [0.25, 0.3) is 5.91 Å². The minimum absolute atomic E-state index is 0.0358. The van der Waals surface area contributed by atoms with Crippen molar-refractivity contribution >= 4 is 17.8 Å². The number of nitrogens with zero attached hydrogens (tertiary/aromatic N) is 1. The molecule has 1 aliphatic heterocycles. The molecule has 1 saturated heterocycles. The molecular weight excluding hydrogens is 240 g/mol. The smallest absolute Gasteiger partial charge is 0.334 e. The van der Waals surface area contributed by atoms with Crippen LogP contribution in [-0.2, 0) is 19.2 Å². The third-order valence-corrected chi connectivity index (χ3v) is 2.46. The van der Waals surface area contributed by atoms with Crippen molar-refractivity contribution in [1.82, 2.24) is 10.4 Å². The fraction of sp³-hybridized carbons (Fsp3) is 0.727. The van der Waals surface area contributed by atoms with Crippen LogP contribution in [0.1, 0.15) is 39.0 Å². The molecule has 1 aliphatic rings. The molecule has 102 valence electrons. The topological polar surface area (TPSA) is 95.9 Å². The van der Waals surface area contributed by atoms with Gasteiger partial charge in [0.05, 0.1) is 6.42 Å². The van der Waals surface area contributed by atoms with Crippen LogP contribution >= 0.6 is 0 Å². The van der Waals surface area contributed by atoms with E-state index in [9.17, 15) is 19.5 Å². The molecule has 0 saturated carbocycles. The van der Waals surface area contributed by atoms with Gasteiger partial charge in [0.15, 0.2) is 6.23 Å². The molecule has 0 aromatic carbocycles. The molecule has 0 spiro atoms. The molecule has 1 rings (SSSR count). The summed E-state index contributed by atoms with van der Waals surface area (Å²) in [5.41, 5.74) is 0. The van der Waals surface area contributed by atoms with E-state index in [1.807, 2.05) is 6.92 Å². The summed E-state index contributed by atoms with van der Waals surface area (Å²) in [5, 5.41) is 12.6. The van der Waals surface area contributed by atoms with Crippen molar-refractivity contribution in [3.05, 3.63) is 0 Å². The number of aliphatic hydroxyl groups is 1. The van der Waals surface area contributed by atoms with Crippen molar-refractivity contribution in [2.75, 3.05) is 6.54 Å². The van der Waals surface area contributed by atoms with Crippen LogP contribution in [0.25, 0.3) is 0 Å². The van der Waals surface area contributed by atoms with Crippen LogP contribution in [0.2, 0.25) is 0 Å². The maximum Gasteiger partial charge on any atom is 0.334 e. The van der Waals surface area contributed by atoms with Crippen LogP contribution in [-0.4, -0.2) is 40.7 Å². The molecule has 0 aromatic rings. The fourth-order valence-electron chi connectivity index (χ4n) is 1.53. The normalized spacial score (nSPS) is 18.9. The Hall–Kier alpha value is -1.63. The van der Waals surface area contributed by atoms with Gasteiger partial charge in [0.2, 0.25) is 5.91 Å². The number of aliphatic hydroxyl groups excluding tert-OH is 1. The number of carbonyl (C=O) groups excluding carboxylic acids is 3. The summed E-state index contributed by atoms with van der Waals surface area (Å²) in [5.74, 6) is -1.19. The Labute approximate surface area is 105 Å². The minimum atomic E-state index is -1.06. The SMILES string of the molecule is CCCC(=O)NCCC(=O)ON1C(=O)CCC1O. The van der Waals surface area contributed by atoms with Gasteiger partial charge < -0.3 is 15.3 Å². The first kappa shape index (κ1) is 14.4. The Balaban J connectivity index is 2.21. The Bertz CT molecular complexity index is 331. The molecule has 1 fully saturated rings. The molecule has 0 aliphatic carbocycles. The lowest BCUT2D eigenvalue weighted by Gasteiger charge is -2.18. The molecule has 7 nitrogen and oxygen atoms in total. The predicted octanol–water partition coefficient (Wildman–Crippen LogP) is -0.308. The van der Waals surface area contributed by atoms with Gasteiger partial charge in [0.1, 0.15) is 0 Å². The average Bonchev–Trinajstić information content (AvgIpc) is 2.61. The predicted molar refractivity (Wildman–Crippen MR) is 60.7 cm³/mol. The van der Waals surface area contributed by atoms with Crippen molar-refractivity contribution in [3.63, 3.8) is 0 Å². The van der Waals surface area contributed by atoms with Crippen molar-refractivity contribution < 1.29 is 24.3 Å². The lowest BCUT2D eigenvalue weighted by atomic mass is 10.3. The average molecular weight is 258 g/mol. The molecule has 0 radical (unpaired) electrons. The van der Waals surface area contributed by atoms with Crippen molar-refractivity contribution in [1.29, 1.82) is 0 Å². The zero-order valence-corrected chi connectivity index (χ0v) is 10.3. The second-order valence-electron chi connectivity index (χ2n) is 4.05. The van der Waals surface area contributed by atoms with E-state index < -0.39 is 18.1 Å². The van der Waals surface area contributed by atoms with Crippen LogP contribution in [0.4, 0.5) is 0 Å². The molecule has 7 heteroatoms. The molecule has 2 N–H and O–H groups in total. The van der Waals surface area contributed by atoms with Crippen molar-refractivity contribution in [2.45, 2.75) is 45.3 Å². The van der Waals surface area contributed by atoms with E-state index in [0.29, 0.717) is 11.5 Å². The molecule has 1 heterocycles. The van der Waals surface area contributed by atoms with E-state index in [0.717, 1.165) is 6.42 Å². The van der Waals surface area contributed by atoms with Crippen LogP contribution in [0.15, 0.2) is 0 Å². The zero-order chi connectivity index (χ0) is 13.5. The highest BCUT2D eigenvalue weighted by Gasteiger charge is 2.32. The van der Waals surface area contributed by atoms with Gasteiger partial charge in [0, 0.05) is 25.8 Å². The number of amides is 2. The van der Waals surface area contributed by atoms with E-state index >= 15 is 0 Å². The number of hydrogen-bond donors (Lipinski definition) is 2. The molecule has 0 bridgehead atoms. The number of rotatable bonds is 6. The summed E-state index contributed by atoms with van der Waals surface area (Å²) in [6, 6.07) is 0. The summed E-state index contributed by atoms with van der Waals surface area (Å²) in [7, 11) is 0. The second kappa shape index (κ2) is 6.95. The van der Waals surface area contributed by atoms with Crippen molar-refractivity contribution in [2.24, 2.45) is 0 Å². The summed E-state index contributed by atoms with van der Waals surface area (Å²) in [4.78, 5) is 38.4. The van der Waals surface area contributed by atoms with Gasteiger partial charge >= 0.3 is 5.97 Å². The highest BCUT2D eigenvalue weighted by atomic mass is 16.7. The van der Waals surface area contributed by atoms with Crippen LogP contribution in [0.5, 0.6) is 0 Å². The Kier molecular flexibility index (Phi) is 5.57. The first-order valence-corrected chi connectivity index (χ1v) is 6.02. The van der Waals surface area contributed by atoms with Gasteiger partial charge in [-0.3, -0.25) is 9.59 Å². The first-order chi connectivity index (χ1) is 8.54. The molecule has 0 aromatic heterocycles. The third kappa shape index (κ3) is 4.33. The van der Waals surface area contributed by atoms with E-state index in [1.54, 1.807) is 0 Å². The third-order valence-electron chi connectivity index (χ3n) is 2.46. The molecular formula is C11H18N2O5. The van der Waals surface area contributed by atoms with E-state index in [4.69, 9.17) is 4.84 Å². The lowest BCUT2D eigenvalue weighted by Crippen LogP contribution is -2.36. The van der Waals surface area contributed by atoms with Crippen molar-refractivity contribution in [3.8, 4) is 0 Å². The van der Waals surface area contributed by atoms with Crippen LogP contribution in [0, 0.1) is 0 Å². The summed E-state index contributed by atoms with van der Waals surface area (Å²) >= 11 is 0. The molecule has 1 unspecified atom stereocenters. The van der Waals surface area contributed by atoms with Gasteiger partial charge in [-0.05, 0) is 6.42 Å². The minimum Gasteiger partial charge on any atom is -0.370 e. The maximum absolute atomic E-state index is 11.4. The van der Waals surface area contributed by atoms with Crippen LogP contribution in [0.3, 0.4) is 0 Å². The number of hydroxylamine groups is 2. The monoisotopic (exact) mass is 258 g/mol. The van der Waals surface area contributed by atoms with E-state index in [1.165, 1.54) is 0 Å². The van der Waals surface area contributed by atoms with Gasteiger partial charge in [-0.25, -0.2) is 4.79 Å². The number of nitrogens with one attached hydrogen (secondary N) is 1. The summed E-state index contributed by atoms with van der Waals surface area (Å²) in [6.45, 7) is 2.05. The maximum atomic E-state index is 11.4. The largest absolute Gasteiger partial charge is 0.370 e. The Morgan fingerprint density at radius 2 is 2.22 bits per heavy atom. The van der Waals surface area contributed by atoms with Gasteiger partial charge in [-0.15, -0.1) is 5.06 Å². The van der Waals surface area contributed by atoms with E-state index in [2.05, 4.69) is 5.32 Å². The summed E-state index contributed by atoms with van der Waals surface area (Å²) in [6.07, 6.45) is 0.493. The lowest BCUT2D eigenvalue weighted by molar-refractivity contribution is -0.220. The number of hydrogen-bond acceptors (Lipinski definition) is 5. The molecule has 18 heavy (non-hydrogen) atoms.